The van der Waals surface area contributed by atoms with Gasteiger partial charge in [-0.05, 0) is 64.6 Å². The van der Waals surface area contributed by atoms with Gasteiger partial charge in [-0.15, -0.1) is 0 Å². The van der Waals surface area contributed by atoms with Crippen LogP contribution in [0.5, 0.6) is 0 Å². The van der Waals surface area contributed by atoms with E-state index in [0.717, 1.165) is 32.1 Å². The van der Waals surface area contributed by atoms with E-state index in [-0.39, 0.29) is 5.97 Å². The number of carbonyl (C=O) groups is 1. The standard InChI is InChI=1S/C21H38O2Si/c1-5-6-7-8-9-10-11-12-13-14-15-16-17-18-19-20-21(22)23-24(2,3)4/h9-10,12-13,15-16H,5-8,11,14,17-20H2,1-4H3/b10-9-,13-12-,16-15-. The molecule has 0 aliphatic heterocycles. The summed E-state index contributed by atoms with van der Waals surface area (Å²) in [6.45, 7) is 8.37. The van der Waals surface area contributed by atoms with E-state index in [9.17, 15) is 4.79 Å². The van der Waals surface area contributed by atoms with E-state index in [2.05, 4.69) is 43.4 Å². The summed E-state index contributed by atoms with van der Waals surface area (Å²) in [7, 11) is -1.71. The lowest BCUT2D eigenvalue weighted by atomic mass is 10.2. The van der Waals surface area contributed by atoms with Crippen molar-refractivity contribution in [1.82, 2.24) is 0 Å². The van der Waals surface area contributed by atoms with E-state index in [1.165, 1.54) is 25.7 Å². The Hall–Kier alpha value is -1.09. The van der Waals surface area contributed by atoms with Gasteiger partial charge in [0.1, 0.15) is 0 Å². The summed E-state index contributed by atoms with van der Waals surface area (Å²) >= 11 is 0. The minimum atomic E-state index is -1.71. The van der Waals surface area contributed by atoms with Crippen LogP contribution in [0.4, 0.5) is 0 Å². The summed E-state index contributed by atoms with van der Waals surface area (Å²) in [5, 5.41) is 0. The lowest BCUT2D eigenvalue weighted by Gasteiger charge is -2.16. The van der Waals surface area contributed by atoms with E-state index >= 15 is 0 Å². The number of allylic oxidation sites excluding steroid dienone is 6. The Kier molecular flexibility index (Phi) is 14.7. The summed E-state index contributed by atoms with van der Waals surface area (Å²) in [6, 6.07) is 0. The van der Waals surface area contributed by atoms with Crippen molar-refractivity contribution >= 4 is 14.3 Å². The van der Waals surface area contributed by atoms with E-state index in [4.69, 9.17) is 4.43 Å². The molecule has 0 unspecified atom stereocenters. The molecule has 0 saturated heterocycles. The van der Waals surface area contributed by atoms with Gasteiger partial charge in [-0.25, -0.2) is 0 Å². The number of carbonyl (C=O) groups excluding carboxylic acids is 1. The molecule has 138 valence electrons. The second-order valence-electron chi connectivity index (χ2n) is 7.21. The predicted octanol–water partition coefficient (Wildman–Crippen LogP) is 6.95. The first kappa shape index (κ1) is 22.9. The van der Waals surface area contributed by atoms with Gasteiger partial charge >= 0.3 is 0 Å². The Labute approximate surface area is 151 Å². The second-order valence-corrected chi connectivity index (χ2v) is 11.6. The summed E-state index contributed by atoms with van der Waals surface area (Å²) in [5.41, 5.74) is 0. The zero-order chi connectivity index (χ0) is 18.1. The van der Waals surface area contributed by atoms with Gasteiger partial charge in [0.2, 0.25) is 8.32 Å². The number of hydrogen-bond acceptors (Lipinski definition) is 2. The maximum absolute atomic E-state index is 11.6. The van der Waals surface area contributed by atoms with Crippen LogP contribution in [0.2, 0.25) is 19.6 Å². The van der Waals surface area contributed by atoms with Crippen molar-refractivity contribution in [3.8, 4) is 0 Å². The molecular formula is C21H38O2Si. The minimum Gasteiger partial charge on any atom is -0.520 e. The van der Waals surface area contributed by atoms with Gasteiger partial charge in [-0.1, -0.05) is 56.2 Å². The third-order valence-electron chi connectivity index (χ3n) is 3.44. The Bertz CT molecular complexity index is 389. The van der Waals surface area contributed by atoms with Crippen LogP contribution in [0.15, 0.2) is 36.5 Å². The quantitative estimate of drug-likeness (QED) is 0.192. The van der Waals surface area contributed by atoms with Crippen LogP contribution in [0.1, 0.15) is 71.1 Å². The lowest BCUT2D eigenvalue weighted by molar-refractivity contribution is -0.135. The molecule has 0 fully saturated rings. The molecule has 0 aromatic rings. The molecule has 0 aromatic carbocycles. The van der Waals surface area contributed by atoms with Gasteiger partial charge in [-0.3, -0.25) is 4.79 Å². The number of hydrogen-bond donors (Lipinski definition) is 0. The maximum atomic E-state index is 11.6. The fraction of sp³-hybridized carbons (Fsp3) is 0.667. The van der Waals surface area contributed by atoms with Crippen molar-refractivity contribution in [3.63, 3.8) is 0 Å². The average Bonchev–Trinajstić information content (AvgIpc) is 2.49. The Morgan fingerprint density at radius 2 is 1.29 bits per heavy atom. The molecule has 0 rings (SSSR count). The average molecular weight is 351 g/mol. The molecule has 0 aliphatic rings. The molecule has 0 saturated carbocycles. The summed E-state index contributed by atoms with van der Waals surface area (Å²) < 4.78 is 5.42. The fourth-order valence-electron chi connectivity index (χ4n) is 2.21. The Morgan fingerprint density at radius 3 is 1.79 bits per heavy atom. The molecule has 24 heavy (non-hydrogen) atoms. The molecule has 3 heteroatoms. The van der Waals surface area contributed by atoms with E-state index in [1.807, 2.05) is 19.6 Å². The first-order chi connectivity index (χ1) is 11.5. The van der Waals surface area contributed by atoms with Crippen LogP contribution < -0.4 is 0 Å². The van der Waals surface area contributed by atoms with Crippen molar-refractivity contribution in [2.24, 2.45) is 0 Å². The summed E-state index contributed by atoms with van der Waals surface area (Å²) in [4.78, 5) is 11.6. The molecule has 0 aromatic heterocycles. The van der Waals surface area contributed by atoms with Crippen LogP contribution in [-0.4, -0.2) is 14.3 Å². The molecule has 0 spiro atoms. The summed E-state index contributed by atoms with van der Waals surface area (Å²) in [5.74, 6) is -0.0242. The van der Waals surface area contributed by atoms with E-state index in [0.29, 0.717) is 6.42 Å². The predicted molar refractivity (Wildman–Crippen MR) is 109 cm³/mol. The molecule has 0 heterocycles. The molecule has 0 atom stereocenters. The van der Waals surface area contributed by atoms with E-state index < -0.39 is 8.32 Å². The number of unbranched alkanes of at least 4 members (excludes halogenated alkanes) is 5. The van der Waals surface area contributed by atoms with E-state index in [1.54, 1.807) is 0 Å². The van der Waals surface area contributed by atoms with Crippen molar-refractivity contribution in [3.05, 3.63) is 36.5 Å². The highest BCUT2D eigenvalue weighted by molar-refractivity contribution is 6.71. The fourth-order valence-corrected chi connectivity index (χ4v) is 3.00. The zero-order valence-electron chi connectivity index (χ0n) is 16.4. The Balaban J connectivity index is 3.46. The van der Waals surface area contributed by atoms with Gasteiger partial charge in [-0.2, -0.15) is 0 Å². The lowest BCUT2D eigenvalue weighted by Crippen LogP contribution is -2.28. The minimum absolute atomic E-state index is 0.0242. The monoisotopic (exact) mass is 350 g/mol. The first-order valence-electron chi connectivity index (χ1n) is 9.62. The summed E-state index contributed by atoms with van der Waals surface area (Å²) in [6.07, 6.45) is 24.2. The van der Waals surface area contributed by atoms with Gasteiger partial charge in [0.05, 0.1) is 0 Å². The highest BCUT2D eigenvalue weighted by Crippen LogP contribution is 2.08. The SMILES string of the molecule is CCCCC/C=C\C/C=C\C/C=C\CCCCC(=O)O[Si](C)(C)C. The number of rotatable bonds is 14. The molecule has 0 bridgehead atoms. The molecule has 2 nitrogen and oxygen atoms in total. The second kappa shape index (κ2) is 15.4. The first-order valence-corrected chi connectivity index (χ1v) is 13.0. The topological polar surface area (TPSA) is 26.3 Å². The molecule has 0 amide bonds. The Morgan fingerprint density at radius 1 is 0.792 bits per heavy atom. The molecule has 0 aliphatic carbocycles. The van der Waals surface area contributed by atoms with Crippen molar-refractivity contribution in [2.45, 2.75) is 90.8 Å². The van der Waals surface area contributed by atoms with Crippen LogP contribution in [0, 0.1) is 0 Å². The van der Waals surface area contributed by atoms with Crippen LogP contribution in [0.3, 0.4) is 0 Å². The van der Waals surface area contributed by atoms with Crippen LogP contribution in [-0.2, 0) is 9.22 Å². The third-order valence-corrected chi connectivity index (χ3v) is 4.28. The van der Waals surface area contributed by atoms with Crippen molar-refractivity contribution in [2.75, 3.05) is 0 Å². The highest BCUT2D eigenvalue weighted by Gasteiger charge is 2.19. The molecular weight excluding hydrogens is 312 g/mol. The smallest absolute Gasteiger partial charge is 0.292 e. The third kappa shape index (κ3) is 19.0. The normalized spacial score (nSPS) is 12.7. The van der Waals surface area contributed by atoms with Gasteiger partial charge < -0.3 is 4.43 Å². The zero-order valence-corrected chi connectivity index (χ0v) is 17.4. The van der Waals surface area contributed by atoms with Crippen LogP contribution in [0.25, 0.3) is 0 Å². The largest absolute Gasteiger partial charge is 0.520 e. The highest BCUT2D eigenvalue weighted by atomic mass is 28.4. The molecule has 0 N–H and O–H groups in total. The van der Waals surface area contributed by atoms with Gasteiger partial charge in [0, 0.05) is 6.42 Å². The van der Waals surface area contributed by atoms with Crippen molar-refractivity contribution in [1.29, 1.82) is 0 Å². The molecule has 0 radical (unpaired) electrons. The van der Waals surface area contributed by atoms with Gasteiger partial charge in [0.25, 0.3) is 5.97 Å². The maximum Gasteiger partial charge on any atom is 0.292 e. The van der Waals surface area contributed by atoms with Crippen LogP contribution >= 0.6 is 0 Å². The van der Waals surface area contributed by atoms with Gasteiger partial charge in [0.15, 0.2) is 0 Å². The van der Waals surface area contributed by atoms with Crippen molar-refractivity contribution < 1.29 is 9.22 Å².